The van der Waals surface area contributed by atoms with Crippen LogP contribution in [0, 0.1) is 5.82 Å². The van der Waals surface area contributed by atoms with E-state index in [1.165, 1.54) is 39.8 Å². The Hall–Kier alpha value is -3.10. The number of hydrogen-bond donors (Lipinski definition) is 0. The lowest BCUT2D eigenvalue weighted by Gasteiger charge is -2.15. The Kier molecular flexibility index (Phi) is 3.75. The smallest absolute Gasteiger partial charge is 0.284 e. The van der Waals surface area contributed by atoms with Crippen LogP contribution in [0.25, 0.3) is 16.9 Å². The molecule has 1 amide bonds. The molecular weight excluding hydrogens is 327 g/mol. The highest BCUT2D eigenvalue weighted by Crippen LogP contribution is 2.13. The lowest BCUT2D eigenvalue weighted by molar-refractivity contribution is -0.130. The minimum Gasteiger partial charge on any atom is -0.341 e. The highest BCUT2D eigenvalue weighted by atomic mass is 19.1. The van der Waals surface area contributed by atoms with Crippen LogP contribution in [0.2, 0.25) is 0 Å². The van der Waals surface area contributed by atoms with Crippen molar-refractivity contribution in [1.29, 1.82) is 0 Å². The van der Waals surface area contributed by atoms with E-state index >= 15 is 0 Å². The number of benzene rings is 1. The van der Waals surface area contributed by atoms with Crippen LogP contribution in [0.1, 0.15) is 12.8 Å². The van der Waals surface area contributed by atoms with E-state index in [1.54, 1.807) is 4.90 Å². The molecule has 0 bridgehead atoms. The van der Waals surface area contributed by atoms with Gasteiger partial charge in [-0.3, -0.25) is 14.2 Å². The summed E-state index contributed by atoms with van der Waals surface area (Å²) in [7, 11) is 0. The van der Waals surface area contributed by atoms with Crippen LogP contribution in [-0.2, 0) is 11.3 Å². The second-order valence-electron chi connectivity index (χ2n) is 5.92. The predicted molar refractivity (Wildman–Crippen MR) is 86.7 cm³/mol. The molecule has 128 valence electrons. The fourth-order valence-corrected chi connectivity index (χ4v) is 2.93. The number of carbonyl (C=O) groups excluding carboxylic acids is 1. The van der Waals surface area contributed by atoms with E-state index in [0.717, 1.165) is 25.9 Å². The summed E-state index contributed by atoms with van der Waals surface area (Å²) >= 11 is 0. The van der Waals surface area contributed by atoms with Crippen molar-refractivity contribution >= 4 is 17.1 Å². The number of halogens is 1. The molecule has 0 spiro atoms. The van der Waals surface area contributed by atoms with Crippen molar-refractivity contribution in [2.24, 2.45) is 0 Å². The van der Waals surface area contributed by atoms with Gasteiger partial charge in [0, 0.05) is 13.1 Å². The van der Waals surface area contributed by atoms with Gasteiger partial charge < -0.3 is 4.90 Å². The van der Waals surface area contributed by atoms with Crippen LogP contribution in [-0.4, -0.2) is 48.4 Å². The Labute approximate surface area is 141 Å². The van der Waals surface area contributed by atoms with E-state index in [2.05, 4.69) is 15.3 Å². The van der Waals surface area contributed by atoms with Crippen molar-refractivity contribution in [2.45, 2.75) is 19.4 Å². The van der Waals surface area contributed by atoms with Crippen LogP contribution < -0.4 is 5.56 Å². The van der Waals surface area contributed by atoms with E-state index in [-0.39, 0.29) is 29.4 Å². The third kappa shape index (κ3) is 2.77. The van der Waals surface area contributed by atoms with Gasteiger partial charge in [-0.2, -0.15) is 4.68 Å². The standard InChI is InChI=1S/C16H15FN6O2/c17-11-3-5-12(6-4-11)23-15-14(19-20-23)16(25)22(10-18-15)9-13(24)21-7-1-2-8-21/h3-6,10H,1-2,7-9H2. The molecule has 1 aliphatic heterocycles. The van der Waals surface area contributed by atoms with Gasteiger partial charge in [0.05, 0.1) is 5.69 Å². The number of amides is 1. The summed E-state index contributed by atoms with van der Waals surface area (Å²) in [5, 5.41) is 7.81. The number of carbonyl (C=O) groups is 1. The molecule has 0 N–H and O–H groups in total. The molecule has 0 saturated carbocycles. The number of aromatic nitrogens is 5. The SMILES string of the molecule is O=C(Cn1cnc2c(nnn2-c2ccc(F)cc2)c1=O)N1CCCC1. The first-order chi connectivity index (χ1) is 12.1. The van der Waals surface area contributed by atoms with Gasteiger partial charge in [-0.1, -0.05) is 5.21 Å². The molecule has 3 heterocycles. The maximum atomic E-state index is 13.1. The first-order valence-electron chi connectivity index (χ1n) is 7.98. The molecule has 0 atom stereocenters. The van der Waals surface area contributed by atoms with Crippen molar-refractivity contribution in [3.8, 4) is 5.69 Å². The largest absolute Gasteiger partial charge is 0.341 e. The van der Waals surface area contributed by atoms with Crippen LogP contribution in [0.3, 0.4) is 0 Å². The summed E-state index contributed by atoms with van der Waals surface area (Å²) in [4.78, 5) is 30.7. The van der Waals surface area contributed by atoms with Gasteiger partial charge in [-0.25, -0.2) is 9.37 Å². The van der Waals surface area contributed by atoms with E-state index < -0.39 is 5.56 Å². The zero-order chi connectivity index (χ0) is 17.4. The molecule has 8 nitrogen and oxygen atoms in total. The molecule has 25 heavy (non-hydrogen) atoms. The Morgan fingerprint density at radius 2 is 1.88 bits per heavy atom. The highest BCUT2D eigenvalue weighted by Gasteiger charge is 2.20. The van der Waals surface area contributed by atoms with Crippen molar-refractivity contribution in [3.05, 3.63) is 46.8 Å². The Morgan fingerprint density at radius 3 is 2.60 bits per heavy atom. The maximum Gasteiger partial charge on any atom is 0.284 e. The zero-order valence-corrected chi connectivity index (χ0v) is 13.3. The molecule has 1 aliphatic rings. The van der Waals surface area contributed by atoms with Crippen molar-refractivity contribution in [3.63, 3.8) is 0 Å². The third-order valence-electron chi connectivity index (χ3n) is 4.27. The second-order valence-corrected chi connectivity index (χ2v) is 5.92. The summed E-state index contributed by atoms with van der Waals surface area (Å²) in [5.74, 6) is -0.476. The predicted octanol–water partition coefficient (Wildman–Crippen LogP) is 0.739. The van der Waals surface area contributed by atoms with E-state index in [9.17, 15) is 14.0 Å². The number of rotatable bonds is 3. The van der Waals surface area contributed by atoms with E-state index in [4.69, 9.17) is 0 Å². The molecule has 3 aromatic rings. The van der Waals surface area contributed by atoms with Crippen molar-refractivity contribution in [2.75, 3.05) is 13.1 Å². The fraction of sp³-hybridized carbons (Fsp3) is 0.312. The molecule has 2 aromatic heterocycles. The van der Waals surface area contributed by atoms with Gasteiger partial charge in [-0.15, -0.1) is 5.10 Å². The Bertz CT molecular complexity index is 988. The van der Waals surface area contributed by atoms with Gasteiger partial charge in [0.15, 0.2) is 11.2 Å². The molecule has 0 aliphatic carbocycles. The van der Waals surface area contributed by atoms with Crippen LogP contribution in [0.15, 0.2) is 35.4 Å². The monoisotopic (exact) mass is 342 g/mol. The van der Waals surface area contributed by atoms with E-state index in [1.807, 2.05) is 0 Å². The lowest BCUT2D eigenvalue weighted by Crippen LogP contribution is -2.34. The van der Waals surface area contributed by atoms with Gasteiger partial charge in [0.25, 0.3) is 5.56 Å². The molecule has 1 fully saturated rings. The summed E-state index contributed by atoms with van der Waals surface area (Å²) in [6.07, 6.45) is 3.30. The average molecular weight is 342 g/mol. The number of hydrogen-bond acceptors (Lipinski definition) is 5. The normalized spacial score (nSPS) is 14.4. The van der Waals surface area contributed by atoms with Crippen LogP contribution >= 0.6 is 0 Å². The quantitative estimate of drug-likeness (QED) is 0.701. The van der Waals surface area contributed by atoms with Crippen molar-refractivity contribution in [1.82, 2.24) is 29.4 Å². The number of likely N-dealkylation sites (tertiary alicyclic amines) is 1. The molecule has 0 unspecified atom stereocenters. The summed E-state index contributed by atoms with van der Waals surface area (Å²) in [6, 6.07) is 5.62. The number of nitrogens with zero attached hydrogens (tertiary/aromatic N) is 6. The zero-order valence-electron chi connectivity index (χ0n) is 13.3. The fourth-order valence-electron chi connectivity index (χ4n) is 2.93. The highest BCUT2D eigenvalue weighted by molar-refractivity contribution is 5.77. The van der Waals surface area contributed by atoms with Crippen LogP contribution in [0.4, 0.5) is 4.39 Å². The topological polar surface area (TPSA) is 85.9 Å². The van der Waals surface area contributed by atoms with Gasteiger partial charge in [0.1, 0.15) is 18.7 Å². The molecule has 0 radical (unpaired) electrons. The second kappa shape index (κ2) is 6.08. The van der Waals surface area contributed by atoms with Gasteiger partial charge >= 0.3 is 0 Å². The molecular formula is C16H15FN6O2. The van der Waals surface area contributed by atoms with Gasteiger partial charge in [-0.05, 0) is 37.1 Å². The minimum absolute atomic E-state index is 0.0643. The first kappa shape index (κ1) is 15.4. The average Bonchev–Trinajstić information content (AvgIpc) is 3.28. The van der Waals surface area contributed by atoms with Crippen molar-refractivity contribution < 1.29 is 9.18 Å². The summed E-state index contributed by atoms with van der Waals surface area (Å²) in [5.41, 5.74) is 0.454. The molecule has 1 saturated heterocycles. The molecule has 1 aromatic carbocycles. The third-order valence-corrected chi connectivity index (χ3v) is 4.27. The molecule has 9 heteroatoms. The molecule has 4 rings (SSSR count). The van der Waals surface area contributed by atoms with Gasteiger partial charge in [0.2, 0.25) is 5.91 Å². The minimum atomic E-state index is -0.425. The van der Waals surface area contributed by atoms with E-state index in [0.29, 0.717) is 5.69 Å². The maximum absolute atomic E-state index is 13.1. The Morgan fingerprint density at radius 1 is 1.16 bits per heavy atom. The van der Waals surface area contributed by atoms with Crippen LogP contribution in [0.5, 0.6) is 0 Å². The number of fused-ring (bicyclic) bond motifs is 1. The lowest BCUT2D eigenvalue weighted by atomic mass is 10.3. The Balaban J connectivity index is 1.68. The first-order valence-corrected chi connectivity index (χ1v) is 7.98. The summed E-state index contributed by atoms with van der Waals surface area (Å²) < 4.78 is 15.7. The summed E-state index contributed by atoms with van der Waals surface area (Å²) in [6.45, 7) is 1.39.